The molecule has 2 nitrogen and oxygen atoms in total. The Bertz CT molecular complexity index is 384. The third-order valence-electron chi connectivity index (χ3n) is 3.93. The summed E-state index contributed by atoms with van der Waals surface area (Å²) >= 11 is 1.71. The molecule has 2 rings (SSSR count). The van der Waals surface area contributed by atoms with Crippen LogP contribution in [0.1, 0.15) is 24.6 Å². The SMILES string of the molecule is CC(CNCc1cccs1)N1CCC(C(F)(F)F)CC1. The van der Waals surface area contributed by atoms with Crippen molar-refractivity contribution in [3.63, 3.8) is 0 Å². The first-order chi connectivity index (χ1) is 9.47. The molecule has 1 aromatic heterocycles. The molecule has 1 fully saturated rings. The molecule has 1 saturated heterocycles. The van der Waals surface area contributed by atoms with E-state index >= 15 is 0 Å². The molecule has 1 aromatic rings. The molecule has 1 aliphatic rings. The Morgan fingerprint density at radius 1 is 1.40 bits per heavy atom. The van der Waals surface area contributed by atoms with Crippen LogP contribution in [0.4, 0.5) is 13.2 Å². The lowest BCUT2D eigenvalue weighted by molar-refractivity contribution is -0.185. The van der Waals surface area contributed by atoms with Gasteiger partial charge in [-0.25, -0.2) is 0 Å². The molecule has 0 bridgehead atoms. The van der Waals surface area contributed by atoms with Crippen LogP contribution in [0.3, 0.4) is 0 Å². The molecule has 0 aromatic carbocycles. The maximum absolute atomic E-state index is 12.6. The van der Waals surface area contributed by atoms with Crippen molar-refractivity contribution in [2.45, 2.75) is 38.5 Å². The Hall–Kier alpha value is -0.590. The zero-order chi connectivity index (χ0) is 14.6. The predicted molar refractivity (Wildman–Crippen MR) is 75.8 cm³/mol. The standard InChI is InChI=1S/C14H21F3N2S/c1-11(9-18-10-13-3-2-8-20-13)19-6-4-12(5-7-19)14(15,16)17/h2-3,8,11-12,18H,4-7,9-10H2,1H3. The topological polar surface area (TPSA) is 15.3 Å². The van der Waals surface area contributed by atoms with E-state index in [2.05, 4.69) is 23.2 Å². The average molecular weight is 306 g/mol. The number of alkyl halides is 3. The molecular weight excluding hydrogens is 285 g/mol. The van der Waals surface area contributed by atoms with Gasteiger partial charge in [0.05, 0.1) is 5.92 Å². The molecule has 114 valence electrons. The van der Waals surface area contributed by atoms with Crippen LogP contribution in [-0.4, -0.2) is 36.8 Å². The van der Waals surface area contributed by atoms with Crippen molar-refractivity contribution in [2.75, 3.05) is 19.6 Å². The van der Waals surface area contributed by atoms with Crippen molar-refractivity contribution in [2.24, 2.45) is 5.92 Å². The van der Waals surface area contributed by atoms with Gasteiger partial charge in [-0.2, -0.15) is 13.2 Å². The number of halogens is 3. The van der Waals surface area contributed by atoms with E-state index in [9.17, 15) is 13.2 Å². The van der Waals surface area contributed by atoms with Gasteiger partial charge >= 0.3 is 6.18 Å². The summed E-state index contributed by atoms with van der Waals surface area (Å²) in [7, 11) is 0. The van der Waals surface area contributed by atoms with Gasteiger partial charge in [0, 0.05) is 24.0 Å². The van der Waals surface area contributed by atoms with Crippen LogP contribution in [0, 0.1) is 5.92 Å². The lowest BCUT2D eigenvalue weighted by atomic mass is 9.95. The third kappa shape index (κ3) is 4.46. The molecule has 1 N–H and O–H groups in total. The lowest BCUT2D eigenvalue weighted by Gasteiger charge is -2.36. The van der Waals surface area contributed by atoms with E-state index in [0.717, 1.165) is 13.1 Å². The molecule has 0 saturated carbocycles. The van der Waals surface area contributed by atoms with Crippen molar-refractivity contribution in [1.82, 2.24) is 10.2 Å². The first kappa shape index (κ1) is 15.8. The lowest BCUT2D eigenvalue weighted by Crippen LogP contribution is -2.46. The number of likely N-dealkylation sites (tertiary alicyclic amines) is 1. The molecule has 1 aliphatic heterocycles. The van der Waals surface area contributed by atoms with E-state index in [0.29, 0.717) is 13.1 Å². The summed E-state index contributed by atoms with van der Waals surface area (Å²) in [5, 5.41) is 5.42. The van der Waals surface area contributed by atoms with Gasteiger partial charge < -0.3 is 5.32 Å². The minimum Gasteiger partial charge on any atom is -0.310 e. The number of thiophene rings is 1. The minimum absolute atomic E-state index is 0.235. The highest BCUT2D eigenvalue weighted by Crippen LogP contribution is 2.34. The quantitative estimate of drug-likeness (QED) is 0.895. The van der Waals surface area contributed by atoms with Crippen molar-refractivity contribution in [3.05, 3.63) is 22.4 Å². The second kappa shape index (κ2) is 6.91. The molecule has 0 amide bonds. The monoisotopic (exact) mass is 306 g/mol. The number of hydrogen-bond donors (Lipinski definition) is 1. The van der Waals surface area contributed by atoms with Crippen LogP contribution >= 0.6 is 11.3 Å². The van der Waals surface area contributed by atoms with E-state index in [-0.39, 0.29) is 18.9 Å². The molecule has 20 heavy (non-hydrogen) atoms. The smallest absolute Gasteiger partial charge is 0.310 e. The molecule has 1 atom stereocenters. The zero-order valence-electron chi connectivity index (χ0n) is 11.6. The van der Waals surface area contributed by atoms with Crippen LogP contribution in [0.15, 0.2) is 17.5 Å². The van der Waals surface area contributed by atoms with Gasteiger partial charge in [0.15, 0.2) is 0 Å². The summed E-state index contributed by atoms with van der Waals surface area (Å²) in [6.45, 7) is 4.82. The van der Waals surface area contributed by atoms with E-state index in [1.807, 2.05) is 11.4 Å². The summed E-state index contributed by atoms with van der Waals surface area (Å²) < 4.78 is 37.8. The Balaban J connectivity index is 1.68. The van der Waals surface area contributed by atoms with Crippen molar-refractivity contribution >= 4 is 11.3 Å². The maximum atomic E-state index is 12.6. The summed E-state index contributed by atoms with van der Waals surface area (Å²) in [5.74, 6) is -1.11. The first-order valence-corrected chi connectivity index (χ1v) is 7.88. The second-order valence-electron chi connectivity index (χ2n) is 5.41. The fourth-order valence-electron chi connectivity index (χ4n) is 2.61. The van der Waals surface area contributed by atoms with Gasteiger partial charge in [0.25, 0.3) is 0 Å². The van der Waals surface area contributed by atoms with Crippen molar-refractivity contribution in [1.29, 1.82) is 0 Å². The molecule has 0 aliphatic carbocycles. The molecule has 6 heteroatoms. The Morgan fingerprint density at radius 2 is 2.10 bits per heavy atom. The fourth-order valence-corrected chi connectivity index (χ4v) is 3.29. The minimum atomic E-state index is -4.02. The highest BCUT2D eigenvalue weighted by Gasteiger charge is 2.41. The van der Waals surface area contributed by atoms with E-state index in [1.165, 1.54) is 4.88 Å². The number of nitrogens with one attached hydrogen (secondary N) is 1. The highest BCUT2D eigenvalue weighted by molar-refractivity contribution is 7.09. The molecule has 0 spiro atoms. The number of rotatable bonds is 5. The van der Waals surface area contributed by atoms with Crippen LogP contribution in [0.2, 0.25) is 0 Å². The molecule has 1 unspecified atom stereocenters. The summed E-state index contributed by atoms with van der Waals surface area (Å²) in [5.41, 5.74) is 0. The summed E-state index contributed by atoms with van der Waals surface area (Å²) in [6, 6.07) is 4.38. The average Bonchev–Trinajstić information content (AvgIpc) is 2.91. The second-order valence-corrected chi connectivity index (χ2v) is 6.44. The number of nitrogens with zero attached hydrogens (tertiary/aromatic N) is 1. The van der Waals surface area contributed by atoms with E-state index < -0.39 is 12.1 Å². The van der Waals surface area contributed by atoms with Crippen molar-refractivity contribution in [3.8, 4) is 0 Å². The molecule has 0 radical (unpaired) electrons. The predicted octanol–water partition coefficient (Wildman–Crippen LogP) is 3.50. The van der Waals surface area contributed by atoms with E-state index in [1.54, 1.807) is 11.3 Å². The normalized spacial score (nSPS) is 20.2. The van der Waals surface area contributed by atoms with Crippen LogP contribution in [0.5, 0.6) is 0 Å². The summed E-state index contributed by atoms with van der Waals surface area (Å²) in [6.07, 6.45) is -3.55. The number of piperidine rings is 1. The van der Waals surface area contributed by atoms with Crippen LogP contribution in [-0.2, 0) is 6.54 Å². The Kier molecular flexibility index (Phi) is 5.46. The van der Waals surface area contributed by atoms with Gasteiger partial charge in [-0.3, -0.25) is 4.90 Å². The fraction of sp³-hybridized carbons (Fsp3) is 0.714. The van der Waals surface area contributed by atoms with Crippen LogP contribution in [0.25, 0.3) is 0 Å². The largest absolute Gasteiger partial charge is 0.391 e. The first-order valence-electron chi connectivity index (χ1n) is 7.00. The number of hydrogen-bond acceptors (Lipinski definition) is 3. The maximum Gasteiger partial charge on any atom is 0.391 e. The third-order valence-corrected chi connectivity index (χ3v) is 4.81. The van der Waals surface area contributed by atoms with E-state index in [4.69, 9.17) is 0 Å². The van der Waals surface area contributed by atoms with Gasteiger partial charge in [-0.05, 0) is 44.3 Å². The van der Waals surface area contributed by atoms with Gasteiger partial charge in [0.2, 0.25) is 0 Å². The Labute approximate surface area is 122 Å². The van der Waals surface area contributed by atoms with Gasteiger partial charge in [-0.1, -0.05) is 6.07 Å². The highest BCUT2D eigenvalue weighted by atomic mass is 32.1. The van der Waals surface area contributed by atoms with Gasteiger partial charge in [-0.15, -0.1) is 11.3 Å². The van der Waals surface area contributed by atoms with Gasteiger partial charge in [0.1, 0.15) is 0 Å². The zero-order valence-corrected chi connectivity index (χ0v) is 12.4. The summed E-state index contributed by atoms with van der Waals surface area (Å²) in [4.78, 5) is 3.44. The Morgan fingerprint density at radius 3 is 2.65 bits per heavy atom. The van der Waals surface area contributed by atoms with Crippen molar-refractivity contribution < 1.29 is 13.2 Å². The molecule has 2 heterocycles. The van der Waals surface area contributed by atoms with Crippen LogP contribution < -0.4 is 5.32 Å². The molecular formula is C14H21F3N2S.